The number of benzene rings is 1. The molecule has 0 bridgehead atoms. The number of para-hydroxylation sites is 1. The molecule has 0 amide bonds. The molecule has 0 radical (unpaired) electrons. The third-order valence-electron chi connectivity index (χ3n) is 2.04. The van der Waals surface area contributed by atoms with E-state index in [1.807, 2.05) is 6.07 Å². The van der Waals surface area contributed by atoms with Gasteiger partial charge in [-0.2, -0.15) is 5.12 Å². The zero-order valence-electron chi connectivity index (χ0n) is 6.85. The zero-order valence-corrected chi connectivity index (χ0v) is 6.85. The van der Waals surface area contributed by atoms with E-state index in [-0.39, 0.29) is 0 Å². The third-order valence-corrected chi connectivity index (χ3v) is 2.04. The van der Waals surface area contributed by atoms with Gasteiger partial charge in [-0.05, 0) is 6.07 Å². The van der Waals surface area contributed by atoms with Crippen LogP contribution in [0.5, 0.6) is 0 Å². The number of nitrogens with zero attached hydrogens (tertiary/aromatic N) is 1. The van der Waals surface area contributed by atoms with Crippen LogP contribution in [0.25, 0.3) is 6.08 Å². The van der Waals surface area contributed by atoms with Crippen LogP contribution in [0.1, 0.15) is 5.56 Å². The number of carbonyl (C=O) groups excluding carboxylic acids is 1. The molecule has 1 unspecified atom stereocenters. The molecule has 0 saturated heterocycles. The monoisotopic (exact) mass is 177 g/mol. The quantitative estimate of drug-likeness (QED) is 0.483. The number of carbonyl (C=O) groups is 1. The SMILES string of the molecule is O=CC1C=Cc2ccccc2N1F. The van der Waals surface area contributed by atoms with Crippen molar-refractivity contribution in [1.29, 1.82) is 0 Å². The predicted octanol–water partition coefficient (Wildman–Crippen LogP) is 1.97. The van der Waals surface area contributed by atoms with E-state index in [0.29, 0.717) is 17.1 Å². The first-order chi connectivity index (χ1) is 6.33. The summed E-state index contributed by atoms with van der Waals surface area (Å²) < 4.78 is 13.4. The fraction of sp³-hybridized carbons (Fsp3) is 0.100. The van der Waals surface area contributed by atoms with Crippen molar-refractivity contribution in [3.8, 4) is 0 Å². The Labute approximate surface area is 75.2 Å². The second-order valence-electron chi connectivity index (χ2n) is 2.86. The molecule has 13 heavy (non-hydrogen) atoms. The summed E-state index contributed by atoms with van der Waals surface area (Å²) in [6, 6.07) is 6.24. The molecule has 0 N–H and O–H groups in total. The van der Waals surface area contributed by atoms with Crippen LogP contribution in [-0.2, 0) is 4.79 Å². The van der Waals surface area contributed by atoms with Crippen LogP contribution in [0.4, 0.5) is 10.2 Å². The number of halogens is 1. The van der Waals surface area contributed by atoms with Crippen molar-refractivity contribution in [2.45, 2.75) is 6.04 Å². The molecule has 66 valence electrons. The number of anilines is 1. The van der Waals surface area contributed by atoms with E-state index >= 15 is 0 Å². The van der Waals surface area contributed by atoms with E-state index in [2.05, 4.69) is 0 Å². The van der Waals surface area contributed by atoms with Crippen molar-refractivity contribution >= 4 is 18.0 Å². The number of hydrogen-bond acceptors (Lipinski definition) is 2. The molecular weight excluding hydrogens is 169 g/mol. The highest BCUT2D eigenvalue weighted by molar-refractivity contribution is 5.79. The van der Waals surface area contributed by atoms with Gasteiger partial charge in [0.25, 0.3) is 0 Å². The van der Waals surface area contributed by atoms with Gasteiger partial charge in [0, 0.05) is 5.56 Å². The minimum Gasteiger partial charge on any atom is -0.301 e. The summed E-state index contributed by atoms with van der Waals surface area (Å²) in [5.74, 6) is 0. The third kappa shape index (κ3) is 1.22. The van der Waals surface area contributed by atoms with Crippen LogP contribution in [-0.4, -0.2) is 12.3 Å². The van der Waals surface area contributed by atoms with Crippen LogP contribution < -0.4 is 5.12 Å². The van der Waals surface area contributed by atoms with Crippen LogP contribution in [0.15, 0.2) is 30.3 Å². The lowest BCUT2D eigenvalue weighted by Crippen LogP contribution is -2.29. The molecule has 0 fully saturated rings. The highest BCUT2D eigenvalue weighted by Gasteiger charge is 2.20. The molecule has 1 aromatic carbocycles. The minimum atomic E-state index is -0.783. The van der Waals surface area contributed by atoms with Crippen LogP contribution in [0.3, 0.4) is 0 Å². The lowest BCUT2D eigenvalue weighted by Gasteiger charge is -2.23. The van der Waals surface area contributed by atoms with Crippen molar-refractivity contribution in [1.82, 2.24) is 0 Å². The van der Waals surface area contributed by atoms with Gasteiger partial charge >= 0.3 is 0 Å². The summed E-state index contributed by atoms with van der Waals surface area (Å²) in [7, 11) is 0. The van der Waals surface area contributed by atoms with Crippen molar-refractivity contribution < 1.29 is 9.28 Å². The van der Waals surface area contributed by atoms with Gasteiger partial charge in [-0.25, -0.2) is 0 Å². The summed E-state index contributed by atoms with van der Waals surface area (Å²) in [6.45, 7) is 0. The van der Waals surface area contributed by atoms with E-state index in [1.165, 1.54) is 6.08 Å². The fourth-order valence-corrected chi connectivity index (χ4v) is 1.36. The Balaban J connectivity index is 2.48. The van der Waals surface area contributed by atoms with Gasteiger partial charge in [0.1, 0.15) is 12.3 Å². The average molecular weight is 177 g/mol. The zero-order chi connectivity index (χ0) is 9.26. The van der Waals surface area contributed by atoms with E-state index in [1.54, 1.807) is 24.3 Å². The van der Waals surface area contributed by atoms with Gasteiger partial charge in [0.15, 0.2) is 0 Å². The first kappa shape index (κ1) is 7.98. The predicted molar refractivity (Wildman–Crippen MR) is 48.9 cm³/mol. The highest BCUT2D eigenvalue weighted by atomic mass is 19.2. The highest BCUT2D eigenvalue weighted by Crippen LogP contribution is 2.28. The van der Waals surface area contributed by atoms with E-state index in [9.17, 15) is 9.28 Å². The maximum atomic E-state index is 13.4. The van der Waals surface area contributed by atoms with Gasteiger partial charge in [-0.1, -0.05) is 34.8 Å². The summed E-state index contributed by atoms with van der Waals surface area (Å²) in [6.07, 6.45) is 3.87. The lowest BCUT2D eigenvalue weighted by molar-refractivity contribution is -0.108. The topological polar surface area (TPSA) is 20.3 Å². The number of fused-ring (bicyclic) bond motifs is 1. The summed E-state index contributed by atoms with van der Waals surface area (Å²) in [5, 5.41) is 0.475. The molecule has 0 spiro atoms. The molecule has 2 nitrogen and oxygen atoms in total. The molecule has 3 heteroatoms. The molecule has 1 heterocycles. The summed E-state index contributed by atoms with van der Waals surface area (Å²) >= 11 is 0. The first-order valence-electron chi connectivity index (χ1n) is 4.00. The van der Waals surface area contributed by atoms with Crippen LogP contribution in [0, 0.1) is 0 Å². The van der Waals surface area contributed by atoms with Crippen LogP contribution in [0.2, 0.25) is 0 Å². The second-order valence-corrected chi connectivity index (χ2v) is 2.86. The molecule has 0 aliphatic carbocycles. The van der Waals surface area contributed by atoms with Crippen molar-refractivity contribution in [3.05, 3.63) is 35.9 Å². The Hall–Kier alpha value is -1.64. The molecule has 0 aromatic heterocycles. The number of hydrogen-bond donors (Lipinski definition) is 0. The lowest BCUT2D eigenvalue weighted by atomic mass is 10.1. The van der Waals surface area contributed by atoms with E-state index in [4.69, 9.17) is 0 Å². The van der Waals surface area contributed by atoms with E-state index < -0.39 is 6.04 Å². The van der Waals surface area contributed by atoms with Gasteiger partial charge in [-0.15, -0.1) is 0 Å². The van der Waals surface area contributed by atoms with Gasteiger partial charge < -0.3 is 4.79 Å². The van der Waals surface area contributed by atoms with Crippen molar-refractivity contribution in [3.63, 3.8) is 0 Å². The molecule has 1 aliphatic rings. The van der Waals surface area contributed by atoms with Gasteiger partial charge in [-0.3, -0.25) is 0 Å². The molecular formula is C10H8FNO. The van der Waals surface area contributed by atoms with Gasteiger partial charge in [0.2, 0.25) is 0 Å². The van der Waals surface area contributed by atoms with Gasteiger partial charge in [0.05, 0.1) is 5.69 Å². The smallest absolute Gasteiger partial charge is 0.149 e. The average Bonchev–Trinajstić information content (AvgIpc) is 2.19. The first-order valence-corrected chi connectivity index (χ1v) is 4.00. The van der Waals surface area contributed by atoms with Crippen molar-refractivity contribution in [2.24, 2.45) is 0 Å². The largest absolute Gasteiger partial charge is 0.301 e. The molecule has 1 aliphatic heterocycles. The number of rotatable bonds is 1. The Kier molecular flexibility index (Phi) is 1.85. The summed E-state index contributed by atoms with van der Waals surface area (Å²) in [5.41, 5.74) is 1.24. The molecule has 0 saturated carbocycles. The fourth-order valence-electron chi connectivity index (χ4n) is 1.36. The Morgan fingerprint density at radius 1 is 1.38 bits per heavy atom. The maximum Gasteiger partial charge on any atom is 0.149 e. The Bertz CT molecular complexity index is 362. The van der Waals surface area contributed by atoms with Crippen LogP contribution >= 0.6 is 0 Å². The molecule has 2 rings (SSSR count). The maximum absolute atomic E-state index is 13.4. The minimum absolute atomic E-state index is 0.446. The Morgan fingerprint density at radius 2 is 2.15 bits per heavy atom. The van der Waals surface area contributed by atoms with E-state index in [0.717, 1.165) is 5.56 Å². The normalized spacial score (nSPS) is 19.8. The summed E-state index contributed by atoms with van der Waals surface area (Å²) in [4.78, 5) is 10.4. The number of aldehydes is 1. The second kappa shape index (κ2) is 3.01. The Morgan fingerprint density at radius 3 is 2.92 bits per heavy atom. The standard InChI is InChI=1S/C10H8FNO/c11-12-9(7-13)6-5-8-3-1-2-4-10(8)12/h1-7,9H. The molecule has 1 aromatic rings. The molecule has 1 atom stereocenters. The van der Waals surface area contributed by atoms with Crippen molar-refractivity contribution in [2.75, 3.05) is 5.12 Å².